The molecule has 2 aromatic rings. The molecule has 2 N–H and O–H groups in total. The molecule has 0 aliphatic heterocycles. The maximum absolute atomic E-state index is 5.91. The minimum absolute atomic E-state index is 0.678. The Morgan fingerprint density at radius 1 is 1.18 bits per heavy atom. The van der Waals surface area contributed by atoms with Crippen molar-refractivity contribution in [3.05, 3.63) is 57.5 Å². The fourth-order valence-electron chi connectivity index (χ4n) is 1.41. The lowest BCUT2D eigenvalue weighted by Gasteiger charge is -2.07. The molecule has 0 atom stereocenters. The zero-order chi connectivity index (χ0) is 12.3. The number of hydrogen-bond donors (Lipinski definition) is 1. The van der Waals surface area contributed by atoms with E-state index in [9.17, 15) is 0 Å². The monoisotopic (exact) mass is 327 g/mol. The molecule has 0 amide bonds. The molecule has 4 heteroatoms. The smallest absolute Gasteiger partial charge is 0.0426 e. The molecule has 0 aliphatic carbocycles. The largest absolute Gasteiger partial charge is 0.398 e. The average molecular weight is 329 g/mol. The van der Waals surface area contributed by atoms with Gasteiger partial charge in [0.15, 0.2) is 0 Å². The van der Waals surface area contributed by atoms with Crippen LogP contribution in [0.2, 0.25) is 5.02 Å². The summed E-state index contributed by atoms with van der Waals surface area (Å²) in [5, 5.41) is 0.678. The first-order chi connectivity index (χ1) is 8.16. The number of halogens is 2. The summed E-state index contributed by atoms with van der Waals surface area (Å²) in [5.41, 5.74) is 7.77. The highest BCUT2D eigenvalue weighted by molar-refractivity contribution is 9.10. The van der Waals surface area contributed by atoms with Gasteiger partial charge in [-0.15, -0.1) is 11.8 Å². The minimum atomic E-state index is 0.678. The number of hydrogen-bond acceptors (Lipinski definition) is 2. The molecule has 0 aliphatic rings. The van der Waals surface area contributed by atoms with Gasteiger partial charge in [-0.1, -0.05) is 29.8 Å². The number of thioether (sulfide) groups is 1. The summed E-state index contributed by atoms with van der Waals surface area (Å²) in [6.07, 6.45) is 0. The maximum atomic E-state index is 5.91. The van der Waals surface area contributed by atoms with Crippen molar-refractivity contribution in [3.63, 3.8) is 0 Å². The number of rotatable bonds is 3. The summed E-state index contributed by atoms with van der Waals surface area (Å²) >= 11 is 11.1. The molecule has 1 nitrogen and oxygen atoms in total. The van der Waals surface area contributed by atoms with Crippen LogP contribution >= 0.6 is 39.3 Å². The van der Waals surface area contributed by atoms with Crippen LogP contribution in [0, 0.1) is 0 Å². The van der Waals surface area contributed by atoms with Gasteiger partial charge in [-0.3, -0.25) is 0 Å². The van der Waals surface area contributed by atoms with Crippen LogP contribution in [0.3, 0.4) is 0 Å². The molecule has 0 bridgehead atoms. The lowest BCUT2D eigenvalue weighted by molar-refractivity contribution is 1.36. The second kappa shape index (κ2) is 5.80. The van der Waals surface area contributed by atoms with Gasteiger partial charge in [-0.05, 0) is 45.8 Å². The van der Waals surface area contributed by atoms with Gasteiger partial charge in [-0.2, -0.15) is 0 Å². The van der Waals surface area contributed by atoms with Gasteiger partial charge < -0.3 is 5.73 Å². The van der Waals surface area contributed by atoms with E-state index in [4.69, 9.17) is 17.3 Å². The van der Waals surface area contributed by atoms with E-state index in [2.05, 4.69) is 22.0 Å². The second-order valence-corrected chi connectivity index (χ2v) is 5.87. The molecule has 0 fully saturated rings. The van der Waals surface area contributed by atoms with E-state index in [1.807, 2.05) is 30.3 Å². The van der Waals surface area contributed by atoms with Gasteiger partial charge in [0.05, 0.1) is 0 Å². The van der Waals surface area contributed by atoms with Gasteiger partial charge in [0.25, 0.3) is 0 Å². The number of nitrogen functional groups attached to an aromatic ring is 1. The van der Waals surface area contributed by atoms with Crippen molar-refractivity contribution in [2.45, 2.75) is 10.6 Å². The molecular formula is C13H11BrClNS. The summed E-state index contributed by atoms with van der Waals surface area (Å²) in [6, 6.07) is 13.8. The SMILES string of the molecule is Nc1cc(Cl)ccc1CSc1ccccc1Br. The maximum Gasteiger partial charge on any atom is 0.0426 e. The predicted molar refractivity (Wildman–Crippen MR) is 79.6 cm³/mol. The van der Waals surface area contributed by atoms with Crippen LogP contribution in [-0.4, -0.2) is 0 Å². The molecular weight excluding hydrogens is 318 g/mol. The fourth-order valence-corrected chi connectivity index (χ4v) is 3.18. The van der Waals surface area contributed by atoms with Crippen LogP contribution in [0.4, 0.5) is 5.69 Å². The van der Waals surface area contributed by atoms with E-state index < -0.39 is 0 Å². The van der Waals surface area contributed by atoms with Crippen LogP contribution < -0.4 is 5.73 Å². The van der Waals surface area contributed by atoms with Crippen molar-refractivity contribution in [1.29, 1.82) is 0 Å². The van der Waals surface area contributed by atoms with E-state index in [0.717, 1.165) is 21.5 Å². The van der Waals surface area contributed by atoms with Crippen LogP contribution in [0.1, 0.15) is 5.56 Å². The van der Waals surface area contributed by atoms with Crippen molar-refractivity contribution in [2.24, 2.45) is 0 Å². The summed E-state index contributed by atoms with van der Waals surface area (Å²) < 4.78 is 1.11. The van der Waals surface area contributed by atoms with Crippen molar-refractivity contribution in [1.82, 2.24) is 0 Å². The topological polar surface area (TPSA) is 26.0 Å². The number of benzene rings is 2. The lowest BCUT2D eigenvalue weighted by atomic mass is 10.2. The Morgan fingerprint density at radius 2 is 1.94 bits per heavy atom. The van der Waals surface area contributed by atoms with Gasteiger partial charge in [-0.25, -0.2) is 0 Å². The number of anilines is 1. The summed E-state index contributed by atoms with van der Waals surface area (Å²) in [7, 11) is 0. The van der Waals surface area contributed by atoms with Crippen LogP contribution in [0.5, 0.6) is 0 Å². The fraction of sp³-hybridized carbons (Fsp3) is 0.0769. The first-order valence-electron chi connectivity index (χ1n) is 5.08. The Hall–Kier alpha value is -0.640. The molecule has 0 saturated carbocycles. The minimum Gasteiger partial charge on any atom is -0.398 e. The highest BCUT2D eigenvalue weighted by Gasteiger charge is 2.03. The third kappa shape index (κ3) is 3.41. The Kier molecular flexibility index (Phi) is 4.37. The van der Waals surface area contributed by atoms with Gasteiger partial charge in [0, 0.05) is 25.8 Å². The third-order valence-corrected chi connectivity index (χ3v) is 4.64. The molecule has 2 aromatic carbocycles. The number of nitrogens with two attached hydrogens (primary N) is 1. The van der Waals surface area contributed by atoms with Crippen LogP contribution in [-0.2, 0) is 5.75 Å². The zero-order valence-corrected chi connectivity index (χ0v) is 12.1. The summed E-state index contributed by atoms with van der Waals surface area (Å²) in [4.78, 5) is 1.21. The first kappa shape index (κ1) is 12.8. The first-order valence-corrected chi connectivity index (χ1v) is 7.23. The molecule has 0 aromatic heterocycles. The lowest BCUT2D eigenvalue weighted by Crippen LogP contribution is -1.92. The van der Waals surface area contributed by atoms with E-state index in [1.54, 1.807) is 17.8 Å². The quantitative estimate of drug-likeness (QED) is 0.635. The van der Waals surface area contributed by atoms with Crippen molar-refractivity contribution < 1.29 is 0 Å². The average Bonchev–Trinajstić information content (AvgIpc) is 2.30. The van der Waals surface area contributed by atoms with E-state index in [1.165, 1.54) is 4.90 Å². The van der Waals surface area contributed by atoms with Crippen LogP contribution in [0.25, 0.3) is 0 Å². The molecule has 0 saturated heterocycles. The molecule has 0 spiro atoms. The molecule has 0 radical (unpaired) electrons. The van der Waals surface area contributed by atoms with Crippen molar-refractivity contribution in [2.75, 3.05) is 5.73 Å². The van der Waals surface area contributed by atoms with E-state index >= 15 is 0 Å². The van der Waals surface area contributed by atoms with E-state index in [-0.39, 0.29) is 0 Å². The highest BCUT2D eigenvalue weighted by Crippen LogP contribution is 2.31. The van der Waals surface area contributed by atoms with E-state index in [0.29, 0.717) is 5.02 Å². The van der Waals surface area contributed by atoms with Crippen molar-refractivity contribution in [3.8, 4) is 0 Å². The molecule has 17 heavy (non-hydrogen) atoms. The van der Waals surface area contributed by atoms with Gasteiger partial charge >= 0.3 is 0 Å². The summed E-state index contributed by atoms with van der Waals surface area (Å²) in [5.74, 6) is 0.839. The molecule has 2 rings (SSSR count). The molecule has 88 valence electrons. The zero-order valence-electron chi connectivity index (χ0n) is 8.99. The Balaban J connectivity index is 2.10. The molecule has 0 heterocycles. The normalized spacial score (nSPS) is 10.5. The Bertz CT molecular complexity index is 531. The Labute approximate surface area is 118 Å². The second-order valence-electron chi connectivity index (χ2n) is 3.56. The van der Waals surface area contributed by atoms with Gasteiger partial charge in [0.1, 0.15) is 0 Å². The molecule has 0 unspecified atom stereocenters. The predicted octanol–water partition coefficient (Wildman–Crippen LogP) is 4.98. The standard InChI is InChI=1S/C13H11BrClNS/c14-11-3-1-2-4-13(11)17-8-9-5-6-10(15)7-12(9)16/h1-7H,8,16H2. The third-order valence-electron chi connectivity index (χ3n) is 2.33. The van der Waals surface area contributed by atoms with Gasteiger partial charge in [0.2, 0.25) is 0 Å². The highest BCUT2D eigenvalue weighted by atomic mass is 79.9. The summed E-state index contributed by atoms with van der Waals surface area (Å²) in [6.45, 7) is 0. The van der Waals surface area contributed by atoms with Crippen LogP contribution in [0.15, 0.2) is 51.8 Å². The Morgan fingerprint density at radius 3 is 2.65 bits per heavy atom. The van der Waals surface area contributed by atoms with Crippen molar-refractivity contribution >= 4 is 45.0 Å².